The fourth-order valence-corrected chi connectivity index (χ4v) is 5.67. The van der Waals surface area contributed by atoms with E-state index in [1.165, 1.54) is 31.4 Å². The minimum atomic E-state index is -4.77. The van der Waals surface area contributed by atoms with Crippen molar-refractivity contribution < 1.29 is 26.5 Å². The van der Waals surface area contributed by atoms with Gasteiger partial charge < -0.3 is 14.2 Å². The van der Waals surface area contributed by atoms with E-state index in [4.69, 9.17) is 20.9 Å². The van der Waals surface area contributed by atoms with Gasteiger partial charge >= 0.3 is 0 Å². The Morgan fingerprint density at radius 2 is 1.82 bits per heavy atom. The van der Waals surface area contributed by atoms with Gasteiger partial charge in [-0.2, -0.15) is 0 Å². The topological polar surface area (TPSA) is 106 Å². The fraction of sp³-hybridized carbons (Fsp3) is 0.0769. The van der Waals surface area contributed by atoms with Gasteiger partial charge in [0.1, 0.15) is 34.2 Å². The lowest BCUT2D eigenvalue weighted by Gasteiger charge is -2.24. The molecule has 0 amide bonds. The van der Waals surface area contributed by atoms with Crippen molar-refractivity contribution in [3.05, 3.63) is 99.5 Å². The zero-order chi connectivity index (χ0) is 27.2. The molecule has 194 valence electrons. The van der Waals surface area contributed by atoms with Gasteiger partial charge in [-0.1, -0.05) is 22.8 Å². The van der Waals surface area contributed by atoms with Crippen molar-refractivity contribution >= 4 is 44.0 Å². The molecule has 0 radical (unpaired) electrons. The summed E-state index contributed by atoms with van der Waals surface area (Å²) in [6.45, 7) is 1.77. The molecule has 0 aliphatic carbocycles. The standard InChI is InChI=1S/C26H18ClF2N3O5S/c1-14-9-15(3-5-18(14)27)17-11-23(36-2)22(13-19(17)28)32(25-7-8-37-31-25)38(34,35)24-10-16-4-6-26(33)30-21(16)12-20(24)29/h3-13H,1-2H3,(H,30,33). The predicted molar refractivity (Wildman–Crippen MR) is 138 cm³/mol. The quantitative estimate of drug-likeness (QED) is 0.276. The number of aromatic nitrogens is 2. The van der Waals surface area contributed by atoms with E-state index < -0.39 is 32.1 Å². The van der Waals surface area contributed by atoms with Crippen LogP contribution in [-0.2, 0) is 10.0 Å². The number of anilines is 2. The molecule has 2 heterocycles. The lowest BCUT2D eigenvalue weighted by molar-refractivity contribution is 0.413. The summed E-state index contributed by atoms with van der Waals surface area (Å²) in [5, 5.41) is 4.47. The molecule has 0 unspecified atom stereocenters. The normalized spacial score (nSPS) is 11.6. The van der Waals surface area contributed by atoms with Gasteiger partial charge in [0.15, 0.2) is 5.82 Å². The van der Waals surface area contributed by atoms with Crippen molar-refractivity contribution in [2.45, 2.75) is 11.8 Å². The second-order valence-electron chi connectivity index (χ2n) is 8.29. The van der Waals surface area contributed by atoms with E-state index in [0.29, 0.717) is 20.5 Å². The molecule has 0 bridgehead atoms. The molecule has 5 rings (SSSR count). The van der Waals surface area contributed by atoms with Crippen LogP contribution in [-0.4, -0.2) is 25.7 Å². The number of sulfonamides is 1. The van der Waals surface area contributed by atoms with Crippen molar-refractivity contribution in [1.29, 1.82) is 0 Å². The molecule has 0 fully saturated rings. The number of pyridine rings is 1. The van der Waals surface area contributed by atoms with E-state index in [1.807, 2.05) is 0 Å². The van der Waals surface area contributed by atoms with Crippen LogP contribution in [0, 0.1) is 18.6 Å². The number of benzene rings is 3. The molecule has 0 aliphatic heterocycles. The van der Waals surface area contributed by atoms with Crippen LogP contribution in [0.3, 0.4) is 0 Å². The lowest BCUT2D eigenvalue weighted by Crippen LogP contribution is -2.28. The van der Waals surface area contributed by atoms with Crippen molar-refractivity contribution in [3.8, 4) is 16.9 Å². The number of rotatable bonds is 6. The maximum Gasteiger partial charge on any atom is 0.273 e. The molecule has 0 atom stereocenters. The Kier molecular flexibility index (Phi) is 6.41. The Labute approximate surface area is 220 Å². The first-order chi connectivity index (χ1) is 18.1. The third-order valence-electron chi connectivity index (χ3n) is 5.88. The molecule has 12 heteroatoms. The molecule has 5 aromatic rings. The highest BCUT2D eigenvalue weighted by molar-refractivity contribution is 7.93. The average Bonchev–Trinajstić information content (AvgIpc) is 3.39. The molecular formula is C26H18ClF2N3O5S. The first-order valence-electron chi connectivity index (χ1n) is 11.0. The molecule has 0 aliphatic rings. The number of hydrogen-bond acceptors (Lipinski definition) is 6. The van der Waals surface area contributed by atoms with Crippen LogP contribution in [0.5, 0.6) is 5.75 Å². The Morgan fingerprint density at radius 3 is 2.50 bits per heavy atom. The highest BCUT2D eigenvalue weighted by Gasteiger charge is 2.34. The van der Waals surface area contributed by atoms with E-state index in [0.717, 1.165) is 24.5 Å². The molecule has 3 aromatic carbocycles. The Morgan fingerprint density at radius 1 is 1.03 bits per heavy atom. The third-order valence-corrected chi connectivity index (χ3v) is 8.04. The summed E-state index contributed by atoms with van der Waals surface area (Å²) in [6.07, 6.45) is 1.12. The van der Waals surface area contributed by atoms with Gasteiger partial charge in [-0.05, 0) is 59.8 Å². The van der Waals surface area contributed by atoms with Crippen LogP contribution in [0.4, 0.5) is 20.3 Å². The number of methoxy groups -OCH3 is 1. The van der Waals surface area contributed by atoms with Crippen LogP contribution in [0.2, 0.25) is 5.02 Å². The van der Waals surface area contributed by atoms with Crippen LogP contribution < -0.4 is 14.6 Å². The minimum absolute atomic E-state index is 0.0360. The number of H-pyrrole nitrogens is 1. The van der Waals surface area contributed by atoms with Crippen molar-refractivity contribution in [2.24, 2.45) is 0 Å². The summed E-state index contributed by atoms with van der Waals surface area (Å²) >= 11 is 6.10. The summed E-state index contributed by atoms with van der Waals surface area (Å²) in [7, 11) is -3.48. The Balaban J connectivity index is 1.73. The number of aromatic amines is 1. The van der Waals surface area contributed by atoms with Crippen LogP contribution >= 0.6 is 11.6 Å². The molecule has 0 saturated carbocycles. The lowest BCUT2D eigenvalue weighted by atomic mass is 10.0. The number of aryl methyl sites for hydroxylation is 1. The number of ether oxygens (including phenoxy) is 1. The van der Waals surface area contributed by atoms with Gasteiger partial charge in [-0.25, -0.2) is 21.5 Å². The van der Waals surface area contributed by atoms with Gasteiger partial charge in [0.25, 0.3) is 10.0 Å². The van der Waals surface area contributed by atoms with Crippen LogP contribution in [0.15, 0.2) is 81.1 Å². The average molecular weight is 558 g/mol. The molecule has 1 N–H and O–H groups in total. The second kappa shape index (κ2) is 9.58. The predicted octanol–water partition coefficient (Wildman–Crippen LogP) is 5.96. The monoisotopic (exact) mass is 557 g/mol. The number of halogens is 3. The summed E-state index contributed by atoms with van der Waals surface area (Å²) in [6, 6.07) is 12.9. The highest BCUT2D eigenvalue weighted by Crippen LogP contribution is 2.42. The largest absolute Gasteiger partial charge is 0.495 e. The molecule has 0 saturated heterocycles. The summed E-state index contributed by atoms with van der Waals surface area (Å²) < 4.78 is 69.5. The van der Waals surface area contributed by atoms with E-state index in [2.05, 4.69) is 10.1 Å². The molecule has 0 spiro atoms. The van der Waals surface area contributed by atoms with Gasteiger partial charge in [0.05, 0.1) is 12.6 Å². The van der Waals surface area contributed by atoms with Gasteiger partial charge in [0.2, 0.25) is 5.56 Å². The van der Waals surface area contributed by atoms with Crippen LogP contribution in [0.25, 0.3) is 22.0 Å². The fourth-order valence-electron chi connectivity index (χ4n) is 4.04. The first-order valence-corrected chi connectivity index (χ1v) is 12.8. The Hall–Kier alpha value is -4.22. The van der Waals surface area contributed by atoms with E-state index in [9.17, 15) is 13.2 Å². The Bertz CT molecular complexity index is 1860. The summed E-state index contributed by atoms with van der Waals surface area (Å²) in [4.78, 5) is 13.3. The van der Waals surface area contributed by atoms with Crippen molar-refractivity contribution in [2.75, 3.05) is 11.4 Å². The van der Waals surface area contributed by atoms with Crippen molar-refractivity contribution in [3.63, 3.8) is 0 Å². The van der Waals surface area contributed by atoms with Gasteiger partial charge in [-0.3, -0.25) is 4.79 Å². The molecular weight excluding hydrogens is 540 g/mol. The zero-order valence-corrected chi connectivity index (χ0v) is 21.4. The summed E-state index contributed by atoms with van der Waals surface area (Å²) in [5.74, 6) is -2.21. The number of hydrogen-bond donors (Lipinski definition) is 1. The summed E-state index contributed by atoms with van der Waals surface area (Å²) in [5.41, 5.74) is 0.685. The number of nitrogens with one attached hydrogen (secondary N) is 1. The smallest absolute Gasteiger partial charge is 0.273 e. The number of nitrogens with zero attached hydrogens (tertiary/aromatic N) is 2. The minimum Gasteiger partial charge on any atom is -0.495 e. The van der Waals surface area contributed by atoms with E-state index >= 15 is 8.78 Å². The van der Waals surface area contributed by atoms with Crippen molar-refractivity contribution in [1.82, 2.24) is 10.1 Å². The molecule has 8 nitrogen and oxygen atoms in total. The maximum absolute atomic E-state index is 15.5. The maximum atomic E-state index is 15.5. The highest BCUT2D eigenvalue weighted by atomic mass is 35.5. The van der Waals surface area contributed by atoms with Crippen LogP contribution in [0.1, 0.15) is 5.56 Å². The SMILES string of the molecule is COc1cc(-c2ccc(Cl)c(C)c2)c(F)cc1N(c1ccon1)S(=O)(=O)c1cc2ccc(=O)[nH]c2cc1F. The van der Waals surface area contributed by atoms with Gasteiger partial charge in [0, 0.05) is 28.8 Å². The third kappa shape index (κ3) is 4.39. The first kappa shape index (κ1) is 25.4. The van der Waals surface area contributed by atoms with E-state index in [-0.39, 0.29) is 33.7 Å². The number of fused-ring (bicyclic) bond motifs is 1. The molecule has 2 aromatic heterocycles. The molecule has 38 heavy (non-hydrogen) atoms. The van der Waals surface area contributed by atoms with E-state index in [1.54, 1.807) is 25.1 Å². The second-order valence-corrected chi connectivity index (χ2v) is 10.4. The zero-order valence-electron chi connectivity index (χ0n) is 19.8. The van der Waals surface area contributed by atoms with Gasteiger partial charge in [-0.15, -0.1) is 0 Å².